The number of hydrogen-bond acceptors (Lipinski definition) is 4. The lowest BCUT2D eigenvalue weighted by Gasteiger charge is -2.20. The van der Waals surface area contributed by atoms with E-state index >= 15 is 0 Å². The molecule has 1 aromatic carbocycles. The second-order valence-corrected chi connectivity index (χ2v) is 7.43. The number of carbonyl (C=O) groups is 2. The van der Waals surface area contributed by atoms with Gasteiger partial charge in [0.15, 0.2) is 0 Å². The van der Waals surface area contributed by atoms with Gasteiger partial charge in [0.1, 0.15) is 0 Å². The lowest BCUT2D eigenvalue weighted by molar-refractivity contribution is -0.133. The van der Waals surface area contributed by atoms with Crippen LogP contribution in [0.25, 0.3) is 0 Å². The third kappa shape index (κ3) is 7.75. The molecule has 0 fully saturated rings. The van der Waals surface area contributed by atoms with Crippen molar-refractivity contribution >= 4 is 35.4 Å². The van der Waals surface area contributed by atoms with Gasteiger partial charge in [0.2, 0.25) is 5.91 Å². The summed E-state index contributed by atoms with van der Waals surface area (Å²) >= 11 is 2.96. The van der Waals surface area contributed by atoms with Gasteiger partial charge in [-0.25, -0.2) is 0 Å². The van der Waals surface area contributed by atoms with Gasteiger partial charge in [0.05, 0.1) is 11.0 Å². The average Bonchev–Trinajstić information content (AvgIpc) is 2.47. The van der Waals surface area contributed by atoms with Gasteiger partial charge in [-0.2, -0.15) is 0 Å². The number of carboxylic acid groups (broad SMARTS) is 1. The van der Waals surface area contributed by atoms with E-state index in [1.54, 1.807) is 11.8 Å². The zero-order chi connectivity index (χ0) is 16.4. The van der Waals surface area contributed by atoms with Crippen molar-refractivity contribution in [1.29, 1.82) is 0 Å². The predicted molar refractivity (Wildman–Crippen MR) is 94.3 cm³/mol. The molecular weight excluding hydrogens is 318 g/mol. The number of aliphatic carboxylic acids is 1. The van der Waals surface area contributed by atoms with Crippen LogP contribution in [0.3, 0.4) is 0 Å². The molecule has 4 nitrogen and oxygen atoms in total. The van der Waals surface area contributed by atoms with Crippen LogP contribution >= 0.6 is 23.5 Å². The Morgan fingerprint density at radius 3 is 2.50 bits per heavy atom. The third-order valence-electron chi connectivity index (χ3n) is 2.91. The number of amides is 1. The summed E-state index contributed by atoms with van der Waals surface area (Å²) in [6, 6.07) is 10.1. The van der Waals surface area contributed by atoms with Gasteiger partial charge in [-0.15, -0.1) is 23.5 Å². The smallest absolute Gasteiger partial charge is 0.313 e. The van der Waals surface area contributed by atoms with Crippen molar-refractivity contribution in [2.45, 2.75) is 24.9 Å². The zero-order valence-electron chi connectivity index (χ0n) is 13.0. The van der Waals surface area contributed by atoms with E-state index in [2.05, 4.69) is 17.4 Å². The van der Waals surface area contributed by atoms with Gasteiger partial charge in [-0.05, 0) is 11.5 Å². The molecule has 0 radical (unpaired) electrons. The van der Waals surface area contributed by atoms with Gasteiger partial charge in [0.25, 0.3) is 0 Å². The number of carbonyl (C=O) groups excluding carboxylic acids is 1. The molecule has 22 heavy (non-hydrogen) atoms. The summed E-state index contributed by atoms with van der Waals surface area (Å²) in [7, 11) is 0. The highest BCUT2D eigenvalue weighted by Gasteiger charge is 2.22. The topological polar surface area (TPSA) is 66.4 Å². The van der Waals surface area contributed by atoms with E-state index in [1.165, 1.54) is 17.3 Å². The Morgan fingerprint density at radius 2 is 1.91 bits per heavy atom. The van der Waals surface area contributed by atoms with Crippen LogP contribution in [-0.4, -0.2) is 40.3 Å². The molecule has 0 saturated carbocycles. The van der Waals surface area contributed by atoms with Crippen molar-refractivity contribution in [2.24, 2.45) is 5.92 Å². The maximum Gasteiger partial charge on any atom is 0.313 e. The number of carboxylic acids is 1. The SMILES string of the molecule is CC(C)C(SCc1ccccc1)C(=O)NCCSCC(=O)O. The van der Waals surface area contributed by atoms with Gasteiger partial charge in [0, 0.05) is 18.1 Å². The molecule has 0 aliphatic carbocycles. The Hall–Kier alpha value is -1.14. The van der Waals surface area contributed by atoms with Crippen molar-refractivity contribution in [3.8, 4) is 0 Å². The molecule has 1 unspecified atom stereocenters. The quantitative estimate of drug-likeness (QED) is 0.641. The monoisotopic (exact) mass is 341 g/mol. The minimum atomic E-state index is -0.824. The molecule has 6 heteroatoms. The molecule has 0 heterocycles. The molecule has 2 N–H and O–H groups in total. The summed E-state index contributed by atoms with van der Waals surface area (Å²) in [5, 5.41) is 11.4. The fraction of sp³-hybridized carbons (Fsp3) is 0.500. The molecule has 0 spiro atoms. The standard InChI is InChI=1S/C16H23NO3S2/c1-12(2)15(22-10-13-6-4-3-5-7-13)16(20)17-8-9-21-11-14(18)19/h3-7,12,15H,8-11H2,1-2H3,(H,17,20)(H,18,19). The number of rotatable bonds is 10. The molecule has 0 bridgehead atoms. The molecule has 1 aromatic rings. The Balaban J connectivity index is 2.35. The van der Waals surface area contributed by atoms with Crippen LogP contribution in [0.15, 0.2) is 30.3 Å². The third-order valence-corrected chi connectivity index (χ3v) is 5.47. The average molecular weight is 341 g/mol. The second kappa shape index (κ2) is 10.6. The first-order valence-electron chi connectivity index (χ1n) is 7.23. The lowest BCUT2D eigenvalue weighted by atomic mass is 10.1. The van der Waals surface area contributed by atoms with E-state index in [0.29, 0.717) is 12.3 Å². The van der Waals surface area contributed by atoms with Crippen LogP contribution < -0.4 is 5.32 Å². The van der Waals surface area contributed by atoms with Crippen molar-refractivity contribution < 1.29 is 14.7 Å². The normalized spacial score (nSPS) is 12.1. The van der Waals surface area contributed by atoms with Crippen LogP contribution in [0.2, 0.25) is 0 Å². The van der Waals surface area contributed by atoms with E-state index in [0.717, 1.165) is 5.75 Å². The lowest BCUT2D eigenvalue weighted by Crippen LogP contribution is -2.37. The molecule has 0 aliphatic rings. The van der Waals surface area contributed by atoms with Crippen molar-refractivity contribution in [2.75, 3.05) is 18.1 Å². The van der Waals surface area contributed by atoms with E-state index in [9.17, 15) is 9.59 Å². The molecule has 1 amide bonds. The van der Waals surface area contributed by atoms with Crippen LogP contribution in [0.4, 0.5) is 0 Å². The highest BCUT2D eigenvalue weighted by atomic mass is 32.2. The Kier molecular flexibility index (Phi) is 9.08. The minimum absolute atomic E-state index is 0.0341. The van der Waals surface area contributed by atoms with E-state index in [4.69, 9.17) is 5.11 Å². The summed E-state index contributed by atoms with van der Waals surface area (Å²) in [5.41, 5.74) is 1.21. The van der Waals surface area contributed by atoms with E-state index in [1.807, 2.05) is 32.0 Å². The summed E-state index contributed by atoms with van der Waals surface area (Å²) in [5.74, 6) is 0.964. The molecule has 122 valence electrons. The molecule has 0 aliphatic heterocycles. The highest BCUT2D eigenvalue weighted by molar-refractivity contribution is 8.00. The predicted octanol–water partition coefficient (Wildman–Crippen LogP) is 2.88. The molecular formula is C16H23NO3S2. The second-order valence-electron chi connectivity index (χ2n) is 5.20. The van der Waals surface area contributed by atoms with Crippen molar-refractivity contribution in [1.82, 2.24) is 5.32 Å². The van der Waals surface area contributed by atoms with Crippen LogP contribution in [-0.2, 0) is 15.3 Å². The Labute approximate surface area is 140 Å². The summed E-state index contributed by atoms with van der Waals surface area (Å²) in [4.78, 5) is 22.6. The maximum atomic E-state index is 12.2. The largest absolute Gasteiger partial charge is 0.481 e. The number of benzene rings is 1. The Morgan fingerprint density at radius 1 is 1.23 bits per heavy atom. The maximum absolute atomic E-state index is 12.2. The van der Waals surface area contributed by atoms with E-state index < -0.39 is 5.97 Å². The van der Waals surface area contributed by atoms with Crippen LogP contribution in [0, 0.1) is 5.92 Å². The minimum Gasteiger partial charge on any atom is -0.481 e. The van der Waals surface area contributed by atoms with Crippen LogP contribution in [0.5, 0.6) is 0 Å². The zero-order valence-corrected chi connectivity index (χ0v) is 14.6. The number of hydrogen-bond donors (Lipinski definition) is 2. The van der Waals surface area contributed by atoms with Crippen molar-refractivity contribution in [3.05, 3.63) is 35.9 Å². The Bertz CT molecular complexity index is 466. The van der Waals surface area contributed by atoms with E-state index in [-0.39, 0.29) is 22.8 Å². The first-order chi connectivity index (χ1) is 10.5. The number of nitrogens with one attached hydrogen (secondary N) is 1. The summed E-state index contributed by atoms with van der Waals surface area (Å²) in [6.07, 6.45) is 0. The highest BCUT2D eigenvalue weighted by Crippen LogP contribution is 2.23. The van der Waals surface area contributed by atoms with Gasteiger partial charge >= 0.3 is 5.97 Å². The fourth-order valence-corrected chi connectivity index (χ4v) is 3.59. The first-order valence-corrected chi connectivity index (χ1v) is 9.44. The molecule has 1 rings (SSSR count). The molecule has 0 saturated heterocycles. The summed E-state index contributed by atoms with van der Waals surface area (Å²) < 4.78 is 0. The van der Waals surface area contributed by atoms with Crippen LogP contribution in [0.1, 0.15) is 19.4 Å². The first kappa shape index (κ1) is 18.9. The van der Waals surface area contributed by atoms with Gasteiger partial charge in [-0.1, -0.05) is 44.2 Å². The van der Waals surface area contributed by atoms with Crippen molar-refractivity contribution in [3.63, 3.8) is 0 Å². The van der Waals surface area contributed by atoms with Gasteiger partial charge < -0.3 is 10.4 Å². The molecule has 1 atom stereocenters. The number of thioether (sulfide) groups is 2. The fourth-order valence-electron chi connectivity index (χ4n) is 1.84. The summed E-state index contributed by atoms with van der Waals surface area (Å²) in [6.45, 7) is 4.59. The van der Waals surface area contributed by atoms with Gasteiger partial charge in [-0.3, -0.25) is 9.59 Å². The molecule has 0 aromatic heterocycles.